The summed E-state index contributed by atoms with van der Waals surface area (Å²) in [5.74, 6) is 0.998. The molecule has 0 bridgehead atoms. The number of sulfonamides is 1. The fraction of sp³-hybridized carbons (Fsp3) is 0.688. The van der Waals surface area contributed by atoms with Crippen LogP contribution in [0.15, 0.2) is 24.5 Å². The number of rotatable bonds is 7. The molecular formula is C16H27N3O3S2. The topological polar surface area (TPSA) is 62.6 Å². The third-order valence-electron chi connectivity index (χ3n) is 4.37. The summed E-state index contributed by atoms with van der Waals surface area (Å²) in [6, 6.07) is 3.64. The van der Waals surface area contributed by atoms with Gasteiger partial charge >= 0.3 is 0 Å². The van der Waals surface area contributed by atoms with Crippen LogP contribution in [0, 0.1) is 0 Å². The highest BCUT2D eigenvalue weighted by atomic mass is 32.2. The molecule has 2 heterocycles. The van der Waals surface area contributed by atoms with E-state index in [1.165, 1.54) is 4.31 Å². The third-order valence-corrected chi connectivity index (χ3v) is 7.29. The average molecular weight is 374 g/mol. The molecule has 0 aromatic carbocycles. The summed E-state index contributed by atoms with van der Waals surface area (Å²) in [6.07, 6.45) is 6.65. The second-order valence-corrected chi connectivity index (χ2v) is 9.72. The first-order chi connectivity index (χ1) is 11.4. The van der Waals surface area contributed by atoms with Gasteiger partial charge < -0.3 is 9.47 Å². The van der Waals surface area contributed by atoms with Crippen LogP contribution in [0.5, 0.6) is 0 Å². The molecule has 0 aliphatic carbocycles. The normalized spacial score (nSPS) is 18.1. The lowest BCUT2D eigenvalue weighted by Gasteiger charge is -2.36. The smallest absolute Gasteiger partial charge is 0.245 e. The molecule has 0 spiro atoms. The largest absolute Gasteiger partial charge is 0.342 e. The second kappa shape index (κ2) is 8.40. The van der Waals surface area contributed by atoms with E-state index >= 15 is 0 Å². The summed E-state index contributed by atoms with van der Waals surface area (Å²) in [5.41, 5.74) is 0. The predicted octanol–water partition coefficient (Wildman–Crippen LogP) is 1.66. The van der Waals surface area contributed by atoms with Gasteiger partial charge in [0, 0.05) is 38.6 Å². The molecule has 0 saturated carbocycles. The Kier molecular flexibility index (Phi) is 6.77. The van der Waals surface area contributed by atoms with Crippen LogP contribution in [0.1, 0.15) is 26.3 Å². The molecule has 0 unspecified atom stereocenters. The summed E-state index contributed by atoms with van der Waals surface area (Å²) in [7, 11) is -3.24. The molecule has 1 aromatic rings. The number of nitrogens with zero attached hydrogens (tertiary/aromatic N) is 3. The van der Waals surface area contributed by atoms with E-state index in [4.69, 9.17) is 0 Å². The first kappa shape index (κ1) is 19.3. The zero-order valence-electron chi connectivity index (χ0n) is 14.6. The Balaban J connectivity index is 2.02. The molecule has 8 heteroatoms. The van der Waals surface area contributed by atoms with E-state index in [0.717, 1.165) is 12.2 Å². The minimum absolute atomic E-state index is 0.0850. The maximum absolute atomic E-state index is 12.9. The van der Waals surface area contributed by atoms with E-state index in [9.17, 15) is 13.2 Å². The Morgan fingerprint density at radius 3 is 2.21 bits per heavy atom. The number of thioether (sulfide) groups is 1. The molecule has 1 aliphatic heterocycles. The molecule has 0 N–H and O–H groups in total. The molecule has 24 heavy (non-hydrogen) atoms. The number of amides is 1. The van der Waals surface area contributed by atoms with E-state index in [2.05, 4.69) is 0 Å². The number of aromatic nitrogens is 1. The van der Waals surface area contributed by atoms with E-state index in [0.29, 0.717) is 26.2 Å². The van der Waals surface area contributed by atoms with E-state index < -0.39 is 15.3 Å². The highest BCUT2D eigenvalue weighted by molar-refractivity contribution is 7.98. The van der Waals surface area contributed by atoms with Crippen molar-refractivity contribution in [2.45, 2.75) is 31.6 Å². The van der Waals surface area contributed by atoms with Crippen molar-refractivity contribution >= 4 is 27.7 Å². The SMILES string of the molecule is CSCC[C@@H](C(=O)N1CCN(S(=O)(=O)C(C)C)CC1)n1cccc1. The molecule has 6 nitrogen and oxygen atoms in total. The highest BCUT2D eigenvalue weighted by Crippen LogP contribution is 2.20. The van der Waals surface area contributed by atoms with Gasteiger partial charge in [-0.15, -0.1) is 0 Å². The zero-order valence-corrected chi connectivity index (χ0v) is 16.2. The van der Waals surface area contributed by atoms with Gasteiger partial charge in [-0.25, -0.2) is 8.42 Å². The molecule has 1 atom stereocenters. The molecule has 2 rings (SSSR count). The van der Waals surface area contributed by atoms with E-state index in [1.807, 2.05) is 35.3 Å². The van der Waals surface area contributed by atoms with Gasteiger partial charge in [0.15, 0.2) is 0 Å². The van der Waals surface area contributed by atoms with Gasteiger partial charge in [-0.3, -0.25) is 4.79 Å². The Morgan fingerprint density at radius 1 is 1.12 bits per heavy atom. The molecular weight excluding hydrogens is 346 g/mol. The van der Waals surface area contributed by atoms with Crippen molar-refractivity contribution in [1.82, 2.24) is 13.8 Å². The molecule has 1 aromatic heterocycles. The van der Waals surface area contributed by atoms with Crippen molar-refractivity contribution in [3.8, 4) is 0 Å². The minimum Gasteiger partial charge on any atom is -0.342 e. The summed E-state index contributed by atoms with van der Waals surface area (Å²) in [4.78, 5) is 14.7. The van der Waals surface area contributed by atoms with Gasteiger partial charge in [0.2, 0.25) is 15.9 Å². The van der Waals surface area contributed by atoms with Crippen LogP contribution in [0.25, 0.3) is 0 Å². The fourth-order valence-corrected chi connectivity index (χ4v) is 4.58. The molecule has 0 radical (unpaired) electrons. The minimum atomic E-state index is -3.24. The Hall–Kier alpha value is -0.990. The van der Waals surface area contributed by atoms with Crippen molar-refractivity contribution in [1.29, 1.82) is 0 Å². The fourth-order valence-electron chi connectivity index (χ4n) is 2.86. The van der Waals surface area contributed by atoms with Gasteiger partial charge in [-0.05, 0) is 44.4 Å². The predicted molar refractivity (Wildman–Crippen MR) is 98.7 cm³/mol. The molecule has 136 valence electrons. The second-order valence-electron chi connectivity index (χ2n) is 6.25. The van der Waals surface area contributed by atoms with Gasteiger partial charge in [0.1, 0.15) is 6.04 Å². The van der Waals surface area contributed by atoms with Crippen LogP contribution < -0.4 is 0 Å². The van der Waals surface area contributed by atoms with Crippen LogP contribution >= 0.6 is 11.8 Å². The maximum Gasteiger partial charge on any atom is 0.245 e. The van der Waals surface area contributed by atoms with Crippen LogP contribution in [-0.4, -0.2) is 71.5 Å². The first-order valence-electron chi connectivity index (χ1n) is 8.27. The Labute approximate surface area is 149 Å². The van der Waals surface area contributed by atoms with Gasteiger partial charge in [-0.2, -0.15) is 16.1 Å². The zero-order chi connectivity index (χ0) is 17.7. The molecule has 1 aliphatic rings. The van der Waals surface area contributed by atoms with Gasteiger partial charge in [0.05, 0.1) is 5.25 Å². The van der Waals surface area contributed by atoms with Gasteiger partial charge in [-0.1, -0.05) is 0 Å². The van der Waals surface area contributed by atoms with E-state index in [-0.39, 0.29) is 11.9 Å². The summed E-state index contributed by atoms with van der Waals surface area (Å²) in [6.45, 7) is 5.07. The van der Waals surface area contributed by atoms with Crippen molar-refractivity contribution in [3.63, 3.8) is 0 Å². The number of carbonyl (C=O) groups is 1. The van der Waals surface area contributed by atoms with Crippen LogP contribution in [-0.2, 0) is 14.8 Å². The number of hydrogen-bond donors (Lipinski definition) is 0. The van der Waals surface area contributed by atoms with Crippen LogP contribution in [0.3, 0.4) is 0 Å². The lowest BCUT2D eigenvalue weighted by atomic mass is 10.1. The monoisotopic (exact) mass is 373 g/mol. The van der Waals surface area contributed by atoms with Gasteiger partial charge in [0.25, 0.3) is 0 Å². The summed E-state index contributed by atoms with van der Waals surface area (Å²) in [5, 5.41) is -0.422. The quantitative estimate of drug-likeness (QED) is 0.729. The Bertz CT molecular complexity index is 621. The van der Waals surface area contributed by atoms with Crippen LogP contribution in [0.2, 0.25) is 0 Å². The van der Waals surface area contributed by atoms with Crippen molar-refractivity contribution in [2.24, 2.45) is 0 Å². The number of carbonyl (C=O) groups excluding carboxylic acids is 1. The van der Waals surface area contributed by atoms with E-state index in [1.54, 1.807) is 30.5 Å². The number of piperazine rings is 1. The lowest BCUT2D eigenvalue weighted by Crippen LogP contribution is -2.53. The maximum atomic E-state index is 12.9. The standard InChI is InChI=1S/C16H27N3O3S2/c1-14(2)24(21,22)19-11-9-18(10-12-19)16(20)15(6-13-23-3)17-7-4-5-8-17/h4-5,7-8,14-15H,6,9-13H2,1-3H3/t15-/m0/s1. The molecule has 1 saturated heterocycles. The molecule has 1 amide bonds. The summed E-state index contributed by atoms with van der Waals surface area (Å²) >= 11 is 1.73. The highest BCUT2D eigenvalue weighted by Gasteiger charge is 2.33. The van der Waals surface area contributed by atoms with Crippen molar-refractivity contribution in [3.05, 3.63) is 24.5 Å². The summed E-state index contributed by atoms with van der Waals surface area (Å²) < 4.78 is 27.9. The van der Waals surface area contributed by atoms with Crippen LogP contribution in [0.4, 0.5) is 0 Å². The Morgan fingerprint density at radius 2 is 1.71 bits per heavy atom. The third kappa shape index (κ3) is 4.34. The van der Waals surface area contributed by atoms with Crippen molar-refractivity contribution < 1.29 is 13.2 Å². The van der Waals surface area contributed by atoms with Crippen molar-refractivity contribution in [2.75, 3.05) is 38.2 Å². The average Bonchev–Trinajstić information content (AvgIpc) is 3.09. The number of hydrogen-bond acceptors (Lipinski definition) is 4. The lowest BCUT2D eigenvalue weighted by molar-refractivity contribution is -0.136. The molecule has 1 fully saturated rings. The first-order valence-corrected chi connectivity index (χ1v) is 11.2.